The first kappa shape index (κ1) is 17.9. The molecule has 1 aliphatic heterocycles. The van der Waals surface area contributed by atoms with Crippen molar-refractivity contribution in [2.24, 2.45) is 5.92 Å². The Morgan fingerprint density at radius 3 is 2.85 bits per heavy atom. The van der Waals surface area contributed by atoms with Crippen molar-refractivity contribution < 1.29 is 19.0 Å². The van der Waals surface area contributed by atoms with Crippen LogP contribution in [0.3, 0.4) is 0 Å². The number of hydrazine groups is 1. The van der Waals surface area contributed by atoms with Crippen molar-refractivity contribution in [1.29, 1.82) is 0 Å². The molecule has 1 aromatic carbocycles. The number of aliphatic carboxylic acids is 1. The Hall–Kier alpha value is -2.51. The quantitative estimate of drug-likeness (QED) is 0.694. The van der Waals surface area contributed by atoms with Crippen LogP contribution in [0.2, 0.25) is 0 Å². The van der Waals surface area contributed by atoms with E-state index in [1.165, 1.54) is 6.07 Å². The van der Waals surface area contributed by atoms with Crippen LogP contribution in [0.15, 0.2) is 36.5 Å². The molecule has 3 N–H and O–H groups in total. The van der Waals surface area contributed by atoms with Crippen molar-refractivity contribution in [3.05, 3.63) is 59.2 Å². The van der Waals surface area contributed by atoms with Crippen molar-refractivity contribution in [2.75, 3.05) is 13.2 Å². The Morgan fingerprint density at radius 1 is 1.33 bits per heavy atom. The fourth-order valence-corrected chi connectivity index (χ4v) is 3.50. The average Bonchev–Trinajstić information content (AvgIpc) is 3.30. The maximum Gasteiger partial charge on any atom is 0.307 e. The zero-order valence-electron chi connectivity index (χ0n) is 14.8. The summed E-state index contributed by atoms with van der Waals surface area (Å²) in [7, 11) is 0. The van der Waals surface area contributed by atoms with Crippen LogP contribution in [0.1, 0.15) is 41.6 Å². The Kier molecular flexibility index (Phi) is 5.05. The van der Waals surface area contributed by atoms with Crippen molar-refractivity contribution >= 4 is 5.97 Å². The Morgan fingerprint density at radius 2 is 2.22 bits per heavy atom. The van der Waals surface area contributed by atoms with Gasteiger partial charge in [0, 0.05) is 13.0 Å². The highest BCUT2D eigenvalue weighted by Gasteiger charge is 2.44. The number of nitrogens with zero attached hydrogens (tertiary/aromatic N) is 1. The second-order valence-electron chi connectivity index (χ2n) is 7.07. The molecule has 1 saturated carbocycles. The number of carboxylic acids is 1. The number of ether oxygens (including phenoxy) is 1. The summed E-state index contributed by atoms with van der Waals surface area (Å²) in [4.78, 5) is 15.4. The highest BCUT2D eigenvalue weighted by Crippen LogP contribution is 2.47. The van der Waals surface area contributed by atoms with Crippen LogP contribution < -0.4 is 15.6 Å². The SMILES string of the molecule is O=C(O)C1CC1c1ccc(CCOc2ccc(C3CCNN3)nc2)c(F)c1. The van der Waals surface area contributed by atoms with E-state index >= 15 is 0 Å². The second kappa shape index (κ2) is 7.62. The van der Waals surface area contributed by atoms with Gasteiger partial charge in [-0.3, -0.25) is 15.2 Å². The molecular weight excluding hydrogens is 349 g/mol. The number of halogens is 1. The molecule has 0 spiro atoms. The maximum absolute atomic E-state index is 14.3. The smallest absolute Gasteiger partial charge is 0.307 e. The topological polar surface area (TPSA) is 83.5 Å². The van der Waals surface area contributed by atoms with Gasteiger partial charge in [0.15, 0.2) is 0 Å². The third-order valence-electron chi connectivity index (χ3n) is 5.20. The fourth-order valence-electron chi connectivity index (χ4n) is 3.50. The minimum Gasteiger partial charge on any atom is -0.492 e. The molecule has 1 aliphatic carbocycles. The lowest BCUT2D eigenvalue weighted by Gasteiger charge is -2.11. The highest BCUT2D eigenvalue weighted by atomic mass is 19.1. The molecule has 4 rings (SSSR count). The van der Waals surface area contributed by atoms with Gasteiger partial charge in [-0.15, -0.1) is 0 Å². The van der Waals surface area contributed by atoms with Gasteiger partial charge in [-0.25, -0.2) is 9.82 Å². The van der Waals surface area contributed by atoms with Gasteiger partial charge in [0.25, 0.3) is 0 Å². The first-order chi connectivity index (χ1) is 13.1. The number of hydrogen-bond donors (Lipinski definition) is 3. The molecule has 27 heavy (non-hydrogen) atoms. The van der Waals surface area contributed by atoms with Gasteiger partial charge in [0.1, 0.15) is 11.6 Å². The lowest BCUT2D eigenvalue weighted by atomic mass is 10.0. The average molecular weight is 371 g/mol. The molecule has 3 atom stereocenters. The molecule has 0 radical (unpaired) electrons. The summed E-state index contributed by atoms with van der Waals surface area (Å²) in [6.07, 6.45) is 3.71. The van der Waals surface area contributed by atoms with Gasteiger partial charge >= 0.3 is 5.97 Å². The molecule has 0 bridgehead atoms. The number of hydrogen-bond acceptors (Lipinski definition) is 5. The van der Waals surface area contributed by atoms with Crippen LogP contribution >= 0.6 is 0 Å². The predicted octanol–water partition coefficient (Wildman–Crippen LogP) is 2.57. The van der Waals surface area contributed by atoms with Gasteiger partial charge in [-0.1, -0.05) is 12.1 Å². The second-order valence-corrected chi connectivity index (χ2v) is 7.07. The predicted molar refractivity (Wildman–Crippen MR) is 96.8 cm³/mol. The lowest BCUT2D eigenvalue weighted by Crippen LogP contribution is -2.25. The summed E-state index contributed by atoms with van der Waals surface area (Å²) >= 11 is 0. The van der Waals surface area contributed by atoms with Crippen LogP contribution in [0, 0.1) is 11.7 Å². The Balaban J connectivity index is 1.29. The summed E-state index contributed by atoms with van der Waals surface area (Å²) in [5.74, 6) is -0.886. The summed E-state index contributed by atoms with van der Waals surface area (Å²) < 4.78 is 20.0. The van der Waals surface area contributed by atoms with Crippen LogP contribution in [0.5, 0.6) is 5.75 Å². The van der Waals surface area contributed by atoms with E-state index in [2.05, 4.69) is 15.8 Å². The van der Waals surface area contributed by atoms with Crippen LogP contribution in [-0.4, -0.2) is 29.2 Å². The van der Waals surface area contributed by atoms with Crippen LogP contribution in [-0.2, 0) is 11.2 Å². The van der Waals surface area contributed by atoms with Gasteiger partial charge in [0.05, 0.1) is 30.5 Å². The van der Waals surface area contributed by atoms with E-state index in [1.807, 2.05) is 18.2 Å². The third kappa shape index (κ3) is 4.09. The van der Waals surface area contributed by atoms with Crippen molar-refractivity contribution in [3.8, 4) is 5.75 Å². The van der Waals surface area contributed by atoms with Gasteiger partial charge in [-0.05, 0) is 48.1 Å². The molecule has 2 heterocycles. The fraction of sp³-hybridized carbons (Fsp3) is 0.400. The summed E-state index contributed by atoms with van der Waals surface area (Å²) in [6, 6.07) is 9.04. The minimum atomic E-state index is -0.808. The van der Waals surface area contributed by atoms with Gasteiger partial charge < -0.3 is 9.84 Å². The highest BCUT2D eigenvalue weighted by molar-refractivity contribution is 5.75. The molecule has 2 aliphatic rings. The van der Waals surface area contributed by atoms with Crippen LogP contribution in [0.4, 0.5) is 4.39 Å². The van der Waals surface area contributed by atoms with Crippen molar-refractivity contribution in [3.63, 3.8) is 0 Å². The first-order valence-electron chi connectivity index (χ1n) is 9.20. The number of rotatable bonds is 7. The van der Waals surface area contributed by atoms with Gasteiger partial charge in [0.2, 0.25) is 0 Å². The van der Waals surface area contributed by atoms with Crippen LogP contribution in [0.25, 0.3) is 0 Å². The van der Waals surface area contributed by atoms with E-state index in [1.54, 1.807) is 12.3 Å². The maximum atomic E-state index is 14.3. The summed E-state index contributed by atoms with van der Waals surface area (Å²) in [5, 5.41) is 8.99. The molecule has 0 amide bonds. The van der Waals surface area contributed by atoms with E-state index in [0.717, 1.165) is 24.2 Å². The monoisotopic (exact) mass is 371 g/mol. The van der Waals surface area contributed by atoms with E-state index in [9.17, 15) is 9.18 Å². The van der Waals surface area contributed by atoms with E-state index in [0.29, 0.717) is 30.8 Å². The number of carboxylic acid groups (broad SMARTS) is 1. The first-order valence-corrected chi connectivity index (χ1v) is 9.20. The molecule has 142 valence electrons. The van der Waals surface area contributed by atoms with Gasteiger partial charge in [-0.2, -0.15) is 0 Å². The largest absolute Gasteiger partial charge is 0.492 e. The zero-order valence-corrected chi connectivity index (χ0v) is 14.8. The number of carbonyl (C=O) groups is 1. The standard InChI is InChI=1S/C20H22FN3O3/c21-17-9-13(15-10-16(15)20(25)26)2-1-12(17)6-8-27-14-3-4-18(22-11-14)19-5-7-23-24-19/h1-4,9,11,15-16,19,23-24H,5-8,10H2,(H,25,26). The third-order valence-corrected chi connectivity index (χ3v) is 5.20. The summed E-state index contributed by atoms with van der Waals surface area (Å²) in [5.41, 5.74) is 8.54. The molecule has 3 unspecified atom stereocenters. The molecular formula is C20H22FN3O3. The molecule has 1 saturated heterocycles. The number of pyridine rings is 1. The molecule has 7 heteroatoms. The number of nitrogens with one attached hydrogen (secondary N) is 2. The lowest BCUT2D eigenvalue weighted by molar-refractivity contribution is -0.138. The molecule has 2 fully saturated rings. The normalized spacial score (nSPS) is 24.0. The Labute approximate surface area is 156 Å². The van der Waals surface area contributed by atoms with Crippen molar-refractivity contribution in [2.45, 2.75) is 31.2 Å². The van der Waals surface area contributed by atoms with E-state index in [-0.39, 0.29) is 23.7 Å². The molecule has 6 nitrogen and oxygen atoms in total. The molecule has 1 aromatic heterocycles. The van der Waals surface area contributed by atoms with Crippen molar-refractivity contribution in [1.82, 2.24) is 15.8 Å². The zero-order chi connectivity index (χ0) is 18.8. The van der Waals surface area contributed by atoms with E-state index in [4.69, 9.17) is 9.84 Å². The minimum absolute atomic E-state index is 0.0588. The Bertz CT molecular complexity index is 822. The summed E-state index contributed by atoms with van der Waals surface area (Å²) in [6.45, 7) is 1.27. The molecule has 2 aromatic rings. The number of aromatic nitrogens is 1. The number of benzene rings is 1. The van der Waals surface area contributed by atoms with E-state index < -0.39 is 5.97 Å².